The van der Waals surface area contributed by atoms with Gasteiger partial charge in [-0.3, -0.25) is 0 Å². The van der Waals surface area contributed by atoms with E-state index in [0.29, 0.717) is 0 Å². The third-order valence-electron chi connectivity index (χ3n) is 1.10. The van der Waals surface area contributed by atoms with Crippen molar-refractivity contribution >= 4 is 10.1 Å². The number of pyridine rings is 1. The summed E-state index contributed by atoms with van der Waals surface area (Å²) in [7, 11) is -3.67. The highest BCUT2D eigenvalue weighted by molar-refractivity contribution is 7.85. The minimum atomic E-state index is -3.67. The molecule has 0 N–H and O–H groups in total. The lowest BCUT2D eigenvalue weighted by atomic mass is 10.3. The van der Waals surface area contributed by atoms with Crippen LogP contribution in [0.25, 0.3) is 0 Å². The maximum absolute atomic E-state index is 10.5. The van der Waals surface area contributed by atoms with Gasteiger partial charge in [-0.25, -0.2) is 4.98 Å². The van der Waals surface area contributed by atoms with Crippen molar-refractivity contribution < 1.29 is 17.6 Å². The zero-order valence-corrected chi connectivity index (χ0v) is 7.98. The number of nitriles is 1. The van der Waals surface area contributed by atoms with Crippen molar-refractivity contribution in [2.45, 2.75) is 0 Å². The minimum Gasteiger partial charge on any atom is -0.321 e. The van der Waals surface area contributed by atoms with Crippen LogP contribution in [0.5, 0.6) is 5.75 Å². The van der Waals surface area contributed by atoms with E-state index in [9.17, 15) is 8.42 Å². The minimum absolute atomic E-state index is 0.0991. The zero-order chi connectivity index (χ0) is 10.6. The van der Waals surface area contributed by atoms with Gasteiger partial charge in [-0.05, 0) is 0 Å². The third-order valence-corrected chi connectivity index (χ3v) is 1.42. The lowest BCUT2D eigenvalue weighted by Gasteiger charge is -2.00. The van der Waals surface area contributed by atoms with E-state index < -0.39 is 10.1 Å². The van der Waals surface area contributed by atoms with Gasteiger partial charge >= 0.3 is 0 Å². The molecule has 0 radical (unpaired) electrons. The van der Waals surface area contributed by atoms with Crippen molar-refractivity contribution in [2.24, 2.45) is 0 Å². The lowest BCUT2D eigenvalue weighted by molar-refractivity contribution is -0.0917. The second kappa shape index (κ2) is 4.04. The Balaban J connectivity index is 2.74. The summed E-state index contributed by atoms with van der Waals surface area (Å²) in [5, 5.41) is 8.46. The van der Waals surface area contributed by atoms with Gasteiger partial charge in [-0.15, -0.1) is 0 Å². The van der Waals surface area contributed by atoms with Gasteiger partial charge in [0.15, 0.2) is 5.75 Å². The molecule has 6 nitrogen and oxygen atoms in total. The predicted molar refractivity (Wildman–Crippen MR) is 45.5 cm³/mol. The molecule has 14 heavy (non-hydrogen) atoms. The number of aromatic nitrogens is 1. The van der Waals surface area contributed by atoms with Crippen molar-refractivity contribution in [1.82, 2.24) is 4.98 Å². The molecule has 7 heteroatoms. The van der Waals surface area contributed by atoms with Crippen molar-refractivity contribution in [1.29, 1.82) is 5.26 Å². The van der Waals surface area contributed by atoms with Crippen molar-refractivity contribution in [2.75, 3.05) is 6.26 Å². The summed E-state index contributed by atoms with van der Waals surface area (Å²) < 4.78 is 25.1. The van der Waals surface area contributed by atoms with Gasteiger partial charge in [0.05, 0.1) is 6.26 Å². The Hall–Kier alpha value is -1.65. The summed E-state index contributed by atoms with van der Waals surface area (Å²) in [6.07, 6.45) is 2.15. The Morgan fingerprint density at radius 2 is 2.29 bits per heavy atom. The quantitative estimate of drug-likeness (QED) is 0.528. The van der Waals surface area contributed by atoms with Crippen LogP contribution in [0.3, 0.4) is 0 Å². The van der Waals surface area contributed by atoms with E-state index in [-0.39, 0.29) is 11.4 Å². The first-order valence-electron chi connectivity index (χ1n) is 3.43. The standard InChI is InChI=1S/C7H6N2O4S/c1-14(10,11)13-12-7-2-3-9-6(4-7)5-8/h2-4H,1H3. The fourth-order valence-electron chi connectivity index (χ4n) is 0.625. The molecule has 1 heterocycles. The van der Waals surface area contributed by atoms with Crippen molar-refractivity contribution in [3.8, 4) is 11.8 Å². The zero-order valence-electron chi connectivity index (χ0n) is 7.17. The molecule has 0 aliphatic heterocycles. The number of nitrogens with zero attached hydrogens (tertiary/aromatic N) is 2. The Bertz CT molecular complexity index is 463. The molecular weight excluding hydrogens is 208 g/mol. The smallest absolute Gasteiger partial charge is 0.300 e. The summed E-state index contributed by atoms with van der Waals surface area (Å²) >= 11 is 0. The largest absolute Gasteiger partial charge is 0.321 e. The van der Waals surface area contributed by atoms with Crippen LogP contribution in [-0.4, -0.2) is 19.7 Å². The number of hydrogen-bond acceptors (Lipinski definition) is 6. The first-order valence-corrected chi connectivity index (χ1v) is 5.25. The topological polar surface area (TPSA) is 89.3 Å². The van der Waals surface area contributed by atoms with Crippen LogP contribution in [0.2, 0.25) is 0 Å². The van der Waals surface area contributed by atoms with E-state index in [0.717, 1.165) is 6.26 Å². The van der Waals surface area contributed by atoms with E-state index in [2.05, 4.69) is 14.2 Å². The van der Waals surface area contributed by atoms with E-state index in [1.807, 2.05) is 0 Å². The van der Waals surface area contributed by atoms with Crippen LogP contribution in [0, 0.1) is 11.3 Å². The predicted octanol–water partition coefficient (Wildman–Crippen LogP) is 0.223. The van der Waals surface area contributed by atoms with Gasteiger partial charge < -0.3 is 4.89 Å². The van der Waals surface area contributed by atoms with E-state index in [1.165, 1.54) is 18.3 Å². The van der Waals surface area contributed by atoms with Crippen LogP contribution >= 0.6 is 0 Å². The average Bonchev–Trinajstić information content (AvgIpc) is 2.14. The molecule has 74 valence electrons. The van der Waals surface area contributed by atoms with Gasteiger partial charge in [0.25, 0.3) is 10.1 Å². The van der Waals surface area contributed by atoms with Crippen LogP contribution in [0.15, 0.2) is 18.3 Å². The lowest BCUT2D eigenvalue weighted by Crippen LogP contribution is -2.06. The summed E-state index contributed by atoms with van der Waals surface area (Å²) in [6.45, 7) is 0. The second-order valence-corrected chi connectivity index (χ2v) is 3.89. The summed E-state index contributed by atoms with van der Waals surface area (Å²) in [5.74, 6) is 0.0991. The molecule has 0 bridgehead atoms. The maximum Gasteiger partial charge on any atom is 0.300 e. The monoisotopic (exact) mass is 214 g/mol. The molecule has 0 unspecified atom stereocenters. The van der Waals surface area contributed by atoms with E-state index in [1.54, 1.807) is 6.07 Å². The molecule has 0 atom stereocenters. The van der Waals surface area contributed by atoms with Gasteiger partial charge in [0.1, 0.15) is 11.8 Å². The number of rotatable bonds is 3. The highest BCUT2D eigenvalue weighted by atomic mass is 32.2. The fraction of sp³-hybridized carbons (Fsp3) is 0.143. The van der Waals surface area contributed by atoms with Crippen LogP contribution in [0.1, 0.15) is 5.69 Å². The maximum atomic E-state index is 10.5. The number of hydrogen-bond donors (Lipinski definition) is 0. The van der Waals surface area contributed by atoms with Gasteiger partial charge in [0, 0.05) is 18.3 Å². The van der Waals surface area contributed by atoms with Gasteiger partial charge in [0.2, 0.25) is 0 Å². The first kappa shape index (κ1) is 10.4. The van der Waals surface area contributed by atoms with Crippen LogP contribution < -0.4 is 4.89 Å². The SMILES string of the molecule is CS(=O)(=O)OOc1ccnc(C#N)c1. The summed E-state index contributed by atoms with van der Waals surface area (Å²) in [6, 6.07) is 4.39. The van der Waals surface area contributed by atoms with Crippen molar-refractivity contribution in [3.63, 3.8) is 0 Å². The molecule has 0 spiro atoms. The Morgan fingerprint density at radius 3 is 2.86 bits per heavy atom. The molecule has 0 saturated carbocycles. The van der Waals surface area contributed by atoms with Crippen molar-refractivity contribution in [3.05, 3.63) is 24.0 Å². The fourth-order valence-corrected chi connectivity index (χ4v) is 0.827. The van der Waals surface area contributed by atoms with Crippen LogP contribution in [-0.2, 0) is 14.5 Å². The van der Waals surface area contributed by atoms with E-state index >= 15 is 0 Å². The van der Waals surface area contributed by atoms with Crippen LogP contribution in [0.4, 0.5) is 0 Å². The molecule has 0 saturated heterocycles. The molecule has 1 aromatic rings. The van der Waals surface area contributed by atoms with E-state index in [4.69, 9.17) is 5.26 Å². The third kappa shape index (κ3) is 3.38. The molecular formula is C7H6N2O4S. The molecule has 0 aliphatic rings. The average molecular weight is 214 g/mol. The summed E-state index contributed by atoms with van der Waals surface area (Å²) in [5.41, 5.74) is 0.111. The summed E-state index contributed by atoms with van der Waals surface area (Å²) in [4.78, 5) is 8.09. The highest BCUT2D eigenvalue weighted by Gasteiger charge is 2.05. The Labute approximate surface area is 80.8 Å². The molecule has 1 aromatic heterocycles. The molecule has 0 aromatic carbocycles. The second-order valence-electron chi connectivity index (χ2n) is 2.34. The molecule has 0 aliphatic carbocycles. The Kier molecular flexibility index (Phi) is 3.01. The van der Waals surface area contributed by atoms with Gasteiger partial charge in [-0.1, -0.05) is 4.33 Å². The molecule has 0 amide bonds. The molecule has 1 rings (SSSR count). The normalized spacial score (nSPS) is 10.6. The van der Waals surface area contributed by atoms with Gasteiger partial charge in [-0.2, -0.15) is 13.7 Å². The Morgan fingerprint density at radius 1 is 1.57 bits per heavy atom. The first-order chi connectivity index (χ1) is 6.51. The highest BCUT2D eigenvalue weighted by Crippen LogP contribution is 2.11. The molecule has 0 fully saturated rings.